The van der Waals surface area contributed by atoms with Crippen LogP contribution in [0, 0.1) is 5.92 Å². The first kappa shape index (κ1) is 17.2. The number of carbonyl (C=O) groups is 3. The maximum atomic E-state index is 12.6. The van der Waals surface area contributed by atoms with Crippen LogP contribution in [0.15, 0.2) is 24.3 Å². The van der Waals surface area contributed by atoms with E-state index in [9.17, 15) is 19.5 Å². The van der Waals surface area contributed by atoms with Crippen LogP contribution in [0.1, 0.15) is 55.5 Å². The summed E-state index contributed by atoms with van der Waals surface area (Å²) >= 11 is 0. The molecule has 23 heavy (non-hydrogen) atoms. The van der Waals surface area contributed by atoms with Gasteiger partial charge in [0.1, 0.15) is 6.04 Å². The van der Waals surface area contributed by atoms with Gasteiger partial charge in [0.25, 0.3) is 0 Å². The lowest BCUT2D eigenvalue weighted by atomic mass is 9.95. The van der Waals surface area contributed by atoms with Crippen molar-refractivity contribution in [3.8, 4) is 0 Å². The van der Waals surface area contributed by atoms with Gasteiger partial charge in [0, 0.05) is 18.0 Å². The fraction of sp³-hybridized carbons (Fsp3) is 0.500. The molecule has 0 saturated carbocycles. The number of amides is 1. The van der Waals surface area contributed by atoms with Gasteiger partial charge in [-0.1, -0.05) is 38.1 Å². The molecule has 5 nitrogen and oxygen atoms in total. The smallest absolute Gasteiger partial charge is 0.326 e. The molecule has 0 bridgehead atoms. The van der Waals surface area contributed by atoms with Crippen molar-refractivity contribution in [3.63, 3.8) is 0 Å². The van der Waals surface area contributed by atoms with Crippen molar-refractivity contribution in [2.45, 2.75) is 45.6 Å². The Bertz CT molecular complexity index is 606. The molecule has 0 radical (unpaired) electrons. The highest BCUT2D eigenvalue weighted by Crippen LogP contribution is 2.25. The fourth-order valence-electron chi connectivity index (χ4n) is 2.95. The first-order valence-electron chi connectivity index (χ1n) is 8.00. The highest BCUT2D eigenvalue weighted by Gasteiger charge is 2.36. The molecule has 1 fully saturated rings. The SMILES string of the molecule is CC(C)C(=O)c1ccc(C(C)C(=O)N2CCCC2C(=O)O)cc1. The highest BCUT2D eigenvalue weighted by molar-refractivity contribution is 5.97. The highest BCUT2D eigenvalue weighted by atomic mass is 16.4. The minimum Gasteiger partial charge on any atom is -0.480 e. The Kier molecular flexibility index (Phi) is 5.19. The third kappa shape index (κ3) is 3.60. The zero-order chi connectivity index (χ0) is 17.1. The molecule has 2 rings (SSSR count). The number of carboxylic acids is 1. The lowest BCUT2D eigenvalue weighted by molar-refractivity contribution is -0.148. The molecule has 2 atom stereocenters. The number of rotatable bonds is 5. The van der Waals surface area contributed by atoms with Crippen molar-refractivity contribution in [1.82, 2.24) is 4.90 Å². The minimum absolute atomic E-state index is 0.0687. The number of likely N-dealkylation sites (tertiary alicyclic amines) is 1. The topological polar surface area (TPSA) is 74.7 Å². The van der Waals surface area contributed by atoms with Crippen LogP contribution in [0.3, 0.4) is 0 Å². The van der Waals surface area contributed by atoms with Crippen LogP contribution in [0.2, 0.25) is 0 Å². The number of aliphatic carboxylic acids is 1. The zero-order valence-corrected chi connectivity index (χ0v) is 13.8. The van der Waals surface area contributed by atoms with Crippen molar-refractivity contribution in [1.29, 1.82) is 0 Å². The molecule has 1 heterocycles. The van der Waals surface area contributed by atoms with Crippen LogP contribution in [0.4, 0.5) is 0 Å². The molecule has 1 saturated heterocycles. The quantitative estimate of drug-likeness (QED) is 0.847. The second-order valence-corrected chi connectivity index (χ2v) is 6.39. The van der Waals surface area contributed by atoms with E-state index >= 15 is 0 Å². The van der Waals surface area contributed by atoms with Crippen LogP contribution >= 0.6 is 0 Å². The number of Topliss-reactive ketones (excluding diaryl/α,β-unsaturated/α-hetero) is 1. The van der Waals surface area contributed by atoms with Crippen LogP contribution < -0.4 is 0 Å². The molecule has 124 valence electrons. The molecular formula is C18H23NO4. The van der Waals surface area contributed by atoms with Gasteiger partial charge < -0.3 is 10.0 Å². The Hall–Kier alpha value is -2.17. The predicted octanol–water partition coefficient (Wildman–Crippen LogP) is 2.70. The number of hydrogen-bond donors (Lipinski definition) is 1. The van der Waals surface area contributed by atoms with Crippen LogP contribution in [0.5, 0.6) is 0 Å². The Morgan fingerprint density at radius 1 is 1.13 bits per heavy atom. The van der Waals surface area contributed by atoms with E-state index in [1.54, 1.807) is 31.2 Å². The van der Waals surface area contributed by atoms with Crippen LogP contribution in [-0.4, -0.2) is 40.3 Å². The summed E-state index contributed by atoms with van der Waals surface area (Å²) in [6, 6.07) is 6.32. The molecule has 0 spiro atoms. The standard InChI is InChI=1S/C18H23NO4/c1-11(2)16(20)14-8-6-13(7-9-14)12(3)17(21)19-10-4-5-15(19)18(22)23/h6-9,11-12,15H,4-5,10H2,1-3H3,(H,22,23). The number of carboxylic acid groups (broad SMARTS) is 1. The number of nitrogens with zero attached hydrogens (tertiary/aromatic N) is 1. The summed E-state index contributed by atoms with van der Waals surface area (Å²) in [4.78, 5) is 37.2. The maximum absolute atomic E-state index is 12.6. The van der Waals surface area contributed by atoms with Gasteiger partial charge in [-0.25, -0.2) is 4.79 Å². The molecular weight excluding hydrogens is 294 g/mol. The van der Waals surface area contributed by atoms with Gasteiger partial charge in [0.05, 0.1) is 5.92 Å². The van der Waals surface area contributed by atoms with Gasteiger partial charge in [0.2, 0.25) is 5.91 Å². The largest absolute Gasteiger partial charge is 0.480 e. The average Bonchev–Trinajstić information content (AvgIpc) is 3.02. The molecule has 1 aliphatic rings. The third-order valence-corrected chi connectivity index (χ3v) is 4.41. The Morgan fingerprint density at radius 3 is 2.26 bits per heavy atom. The summed E-state index contributed by atoms with van der Waals surface area (Å²) in [5.41, 5.74) is 1.43. The van der Waals surface area contributed by atoms with Crippen molar-refractivity contribution in [2.24, 2.45) is 5.92 Å². The first-order valence-corrected chi connectivity index (χ1v) is 8.00. The molecule has 5 heteroatoms. The van der Waals surface area contributed by atoms with E-state index in [1.165, 1.54) is 4.90 Å². The minimum atomic E-state index is -0.944. The Morgan fingerprint density at radius 2 is 1.74 bits per heavy atom. The van der Waals surface area contributed by atoms with Crippen molar-refractivity contribution in [3.05, 3.63) is 35.4 Å². The fourth-order valence-corrected chi connectivity index (χ4v) is 2.95. The second-order valence-electron chi connectivity index (χ2n) is 6.39. The molecule has 1 amide bonds. The number of ketones is 1. The summed E-state index contributed by atoms with van der Waals surface area (Å²) in [5, 5.41) is 9.20. The molecule has 2 unspecified atom stereocenters. The summed E-state index contributed by atoms with van der Waals surface area (Å²) < 4.78 is 0. The molecule has 0 aliphatic carbocycles. The molecule has 1 aromatic carbocycles. The lowest BCUT2D eigenvalue weighted by Crippen LogP contribution is -2.42. The first-order chi connectivity index (χ1) is 10.8. The van der Waals surface area contributed by atoms with Crippen molar-refractivity contribution >= 4 is 17.7 Å². The van der Waals surface area contributed by atoms with Crippen molar-refractivity contribution in [2.75, 3.05) is 6.54 Å². The van der Waals surface area contributed by atoms with E-state index in [-0.39, 0.29) is 17.6 Å². The molecule has 1 aromatic rings. The number of hydrogen-bond acceptors (Lipinski definition) is 3. The zero-order valence-electron chi connectivity index (χ0n) is 13.8. The molecule has 0 aromatic heterocycles. The monoisotopic (exact) mass is 317 g/mol. The second kappa shape index (κ2) is 6.94. The van der Waals surface area contributed by atoms with Gasteiger partial charge in [-0.3, -0.25) is 9.59 Å². The van der Waals surface area contributed by atoms with Gasteiger partial charge in [0.15, 0.2) is 5.78 Å². The van der Waals surface area contributed by atoms with E-state index < -0.39 is 17.9 Å². The van der Waals surface area contributed by atoms with Gasteiger partial charge >= 0.3 is 5.97 Å². The van der Waals surface area contributed by atoms with Gasteiger partial charge in [-0.15, -0.1) is 0 Å². The summed E-state index contributed by atoms with van der Waals surface area (Å²) in [7, 11) is 0. The summed E-state index contributed by atoms with van der Waals surface area (Å²) in [5.74, 6) is -1.53. The molecule has 1 aliphatic heterocycles. The van der Waals surface area contributed by atoms with E-state index in [4.69, 9.17) is 0 Å². The summed E-state index contributed by atoms with van der Waals surface area (Å²) in [6.07, 6.45) is 1.23. The number of benzene rings is 1. The van der Waals surface area contributed by atoms with Crippen LogP contribution in [-0.2, 0) is 9.59 Å². The van der Waals surface area contributed by atoms with Gasteiger partial charge in [-0.2, -0.15) is 0 Å². The third-order valence-electron chi connectivity index (χ3n) is 4.41. The lowest BCUT2D eigenvalue weighted by Gasteiger charge is -2.25. The maximum Gasteiger partial charge on any atom is 0.326 e. The predicted molar refractivity (Wildman–Crippen MR) is 86.4 cm³/mol. The van der Waals surface area contributed by atoms with E-state index in [2.05, 4.69) is 0 Å². The van der Waals surface area contributed by atoms with E-state index in [0.29, 0.717) is 18.5 Å². The Balaban J connectivity index is 2.13. The normalized spacial score (nSPS) is 19.0. The van der Waals surface area contributed by atoms with Crippen LogP contribution in [0.25, 0.3) is 0 Å². The van der Waals surface area contributed by atoms with E-state index in [1.807, 2.05) is 13.8 Å². The van der Waals surface area contributed by atoms with Gasteiger partial charge in [-0.05, 0) is 25.3 Å². The Labute approximate surface area is 136 Å². The molecule has 1 N–H and O–H groups in total. The average molecular weight is 317 g/mol. The van der Waals surface area contributed by atoms with E-state index in [0.717, 1.165) is 12.0 Å². The number of carbonyl (C=O) groups excluding carboxylic acids is 2. The summed E-state index contributed by atoms with van der Waals surface area (Å²) in [6.45, 7) is 5.96. The van der Waals surface area contributed by atoms with Crippen molar-refractivity contribution < 1.29 is 19.5 Å².